The summed E-state index contributed by atoms with van der Waals surface area (Å²) in [6.07, 6.45) is 0. The Morgan fingerprint density at radius 1 is 1.00 bits per heavy atom. The molecule has 0 radical (unpaired) electrons. The first kappa shape index (κ1) is 16.0. The van der Waals surface area contributed by atoms with Crippen molar-refractivity contribution in [3.05, 3.63) is 64.8 Å². The monoisotopic (exact) mass is 353 g/mol. The summed E-state index contributed by atoms with van der Waals surface area (Å²) in [5.41, 5.74) is -0.0323. The van der Waals surface area contributed by atoms with Gasteiger partial charge in [-0.3, -0.25) is 4.79 Å². The Balaban J connectivity index is 1.82. The number of carbonyl (C=O) groups is 1. The van der Waals surface area contributed by atoms with Crippen molar-refractivity contribution in [1.82, 2.24) is 10.2 Å². The number of aromatic nitrogens is 2. The van der Waals surface area contributed by atoms with Crippen molar-refractivity contribution in [3.8, 4) is 11.5 Å². The van der Waals surface area contributed by atoms with Gasteiger partial charge in [-0.15, -0.1) is 10.2 Å². The smallest absolute Gasteiger partial charge is 0.313 e. The van der Waals surface area contributed by atoms with Gasteiger partial charge in [0.2, 0.25) is 5.89 Å². The van der Waals surface area contributed by atoms with Crippen molar-refractivity contribution in [3.63, 3.8) is 0 Å². The molecule has 1 amide bonds. The molecule has 1 N–H and O–H groups in total. The van der Waals surface area contributed by atoms with Crippen LogP contribution in [0.1, 0.15) is 10.7 Å². The zero-order chi connectivity index (χ0) is 17.3. The molecule has 2 aromatic carbocycles. The summed E-state index contributed by atoms with van der Waals surface area (Å²) < 4.78 is 44.7. The van der Waals surface area contributed by atoms with E-state index in [2.05, 4.69) is 10.2 Å². The van der Waals surface area contributed by atoms with Crippen LogP contribution in [-0.2, 0) is 0 Å². The third-order valence-corrected chi connectivity index (χ3v) is 3.25. The highest BCUT2D eigenvalue weighted by Crippen LogP contribution is 2.22. The number of amides is 1. The van der Waals surface area contributed by atoms with E-state index in [9.17, 15) is 18.0 Å². The Morgan fingerprint density at radius 3 is 2.42 bits per heavy atom. The highest BCUT2D eigenvalue weighted by molar-refractivity contribution is 6.30. The van der Waals surface area contributed by atoms with Crippen LogP contribution in [0.5, 0.6) is 0 Å². The predicted octanol–water partition coefficient (Wildman–Crippen LogP) is 4.06. The molecule has 3 aromatic rings. The molecular formula is C15H7ClF3N3O2. The SMILES string of the molecule is O=C(Nc1ccc(F)c(F)c1F)c1nnc(-c2ccc(Cl)cc2)o1. The lowest BCUT2D eigenvalue weighted by Crippen LogP contribution is -2.14. The minimum atomic E-state index is -1.69. The Bertz CT molecular complexity index is 913. The number of carbonyl (C=O) groups excluding carboxylic acids is 1. The minimum absolute atomic E-state index is 0.0441. The van der Waals surface area contributed by atoms with Gasteiger partial charge in [-0.05, 0) is 36.4 Å². The lowest BCUT2D eigenvalue weighted by molar-refractivity contribution is 0.0990. The van der Waals surface area contributed by atoms with Crippen molar-refractivity contribution >= 4 is 23.2 Å². The van der Waals surface area contributed by atoms with Gasteiger partial charge in [0.25, 0.3) is 0 Å². The molecule has 0 unspecified atom stereocenters. The Hall–Kier alpha value is -2.87. The Morgan fingerprint density at radius 2 is 1.71 bits per heavy atom. The fourth-order valence-corrected chi connectivity index (χ4v) is 1.95. The number of nitrogens with zero attached hydrogens (tertiary/aromatic N) is 2. The van der Waals surface area contributed by atoms with Gasteiger partial charge in [-0.25, -0.2) is 13.2 Å². The van der Waals surface area contributed by atoms with Gasteiger partial charge in [-0.1, -0.05) is 11.6 Å². The van der Waals surface area contributed by atoms with Crippen LogP contribution in [0.25, 0.3) is 11.5 Å². The lowest BCUT2D eigenvalue weighted by Gasteiger charge is -2.04. The van der Waals surface area contributed by atoms with Crippen molar-refractivity contribution in [2.45, 2.75) is 0 Å². The number of benzene rings is 2. The average molecular weight is 354 g/mol. The van der Waals surface area contributed by atoms with Crippen LogP contribution in [0.15, 0.2) is 40.8 Å². The molecule has 3 rings (SSSR count). The highest BCUT2D eigenvalue weighted by atomic mass is 35.5. The minimum Gasteiger partial charge on any atom is -0.412 e. The lowest BCUT2D eigenvalue weighted by atomic mass is 10.2. The van der Waals surface area contributed by atoms with E-state index in [-0.39, 0.29) is 5.89 Å². The molecule has 0 atom stereocenters. The quantitative estimate of drug-likeness (QED) is 0.721. The second kappa shape index (κ2) is 6.32. The molecule has 0 spiro atoms. The number of hydrogen-bond acceptors (Lipinski definition) is 4. The summed E-state index contributed by atoms with van der Waals surface area (Å²) in [6, 6.07) is 7.96. The maximum atomic E-state index is 13.5. The van der Waals surface area contributed by atoms with Crippen LogP contribution in [-0.4, -0.2) is 16.1 Å². The molecule has 5 nitrogen and oxygen atoms in total. The molecule has 0 aliphatic rings. The molecule has 0 saturated heterocycles. The van der Waals surface area contributed by atoms with Gasteiger partial charge in [-0.2, -0.15) is 0 Å². The van der Waals surface area contributed by atoms with Crippen molar-refractivity contribution in [2.24, 2.45) is 0 Å². The molecule has 1 aromatic heterocycles. The first-order valence-corrected chi connectivity index (χ1v) is 6.88. The second-order valence-corrected chi connectivity index (χ2v) is 5.03. The summed E-state index contributed by atoms with van der Waals surface area (Å²) in [6.45, 7) is 0. The maximum absolute atomic E-state index is 13.5. The fourth-order valence-electron chi connectivity index (χ4n) is 1.82. The van der Waals surface area contributed by atoms with Crippen LogP contribution >= 0.6 is 11.6 Å². The van der Waals surface area contributed by atoms with Gasteiger partial charge in [0.15, 0.2) is 17.5 Å². The van der Waals surface area contributed by atoms with Crippen LogP contribution in [0.3, 0.4) is 0 Å². The average Bonchev–Trinajstić information content (AvgIpc) is 3.06. The van der Waals surface area contributed by atoms with Gasteiger partial charge >= 0.3 is 11.8 Å². The van der Waals surface area contributed by atoms with E-state index in [1.807, 2.05) is 5.32 Å². The Kier molecular flexibility index (Phi) is 4.22. The second-order valence-electron chi connectivity index (χ2n) is 4.60. The van der Waals surface area contributed by atoms with Gasteiger partial charge in [0, 0.05) is 10.6 Å². The molecule has 0 bridgehead atoms. The summed E-state index contributed by atoms with van der Waals surface area (Å²) in [7, 11) is 0. The summed E-state index contributed by atoms with van der Waals surface area (Å²) in [5, 5.41) is 9.75. The van der Waals surface area contributed by atoms with Crippen molar-refractivity contribution in [2.75, 3.05) is 5.32 Å². The maximum Gasteiger partial charge on any atom is 0.313 e. The molecular weight excluding hydrogens is 347 g/mol. The van der Waals surface area contributed by atoms with E-state index < -0.39 is 34.9 Å². The van der Waals surface area contributed by atoms with E-state index in [0.29, 0.717) is 16.7 Å². The largest absolute Gasteiger partial charge is 0.412 e. The molecule has 0 aliphatic heterocycles. The van der Waals surface area contributed by atoms with Crippen LogP contribution in [0.2, 0.25) is 5.02 Å². The van der Waals surface area contributed by atoms with Gasteiger partial charge in [0.1, 0.15) is 0 Å². The molecule has 0 saturated carbocycles. The summed E-state index contributed by atoms with van der Waals surface area (Å²) in [5.74, 6) is -5.98. The third kappa shape index (κ3) is 3.09. The van der Waals surface area contributed by atoms with E-state index in [1.165, 1.54) is 0 Å². The topological polar surface area (TPSA) is 68.0 Å². The first-order valence-electron chi connectivity index (χ1n) is 6.50. The van der Waals surface area contributed by atoms with Crippen LogP contribution < -0.4 is 5.32 Å². The zero-order valence-electron chi connectivity index (χ0n) is 11.7. The van der Waals surface area contributed by atoms with E-state index >= 15 is 0 Å². The summed E-state index contributed by atoms with van der Waals surface area (Å²) >= 11 is 5.76. The fraction of sp³-hybridized carbons (Fsp3) is 0. The molecule has 1 heterocycles. The zero-order valence-corrected chi connectivity index (χ0v) is 12.4. The van der Waals surface area contributed by atoms with E-state index in [4.69, 9.17) is 16.0 Å². The first-order chi connectivity index (χ1) is 11.5. The van der Waals surface area contributed by atoms with Crippen molar-refractivity contribution in [1.29, 1.82) is 0 Å². The third-order valence-electron chi connectivity index (χ3n) is 2.99. The summed E-state index contributed by atoms with van der Waals surface area (Å²) in [4.78, 5) is 11.9. The van der Waals surface area contributed by atoms with Crippen LogP contribution in [0, 0.1) is 17.5 Å². The molecule has 24 heavy (non-hydrogen) atoms. The number of nitrogens with one attached hydrogen (secondary N) is 1. The van der Waals surface area contributed by atoms with Crippen LogP contribution in [0.4, 0.5) is 18.9 Å². The van der Waals surface area contributed by atoms with Gasteiger partial charge < -0.3 is 9.73 Å². The molecule has 0 aliphatic carbocycles. The number of halogens is 4. The molecule has 122 valence electrons. The Labute approximate surface area is 138 Å². The van der Waals surface area contributed by atoms with Gasteiger partial charge in [0.05, 0.1) is 5.69 Å². The van der Waals surface area contributed by atoms with E-state index in [0.717, 1.165) is 6.07 Å². The predicted molar refractivity (Wildman–Crippen MR) is 79.0 cm³/mol. The highest BCUT2D eigenvalue weighted by Gasteiger charge is 2.20. The van der Waals surface area contributed by atoms with Crippen molar-refractivity contribution < 1.29 is 22.4 Å². The molecule has 9 heteroatoms. The number of hydrogen-bond donors (Lipinski definition) is 1. The molecule has 0 fully saturated rings. The number of anilines is 1. The normalized spacial score (nSPS) is 10.7. The number of rotatable bonds is 3. The standard InChI is InChI=1S/C15H7ClF3N3O2/c16-8-3-1-7(2-4-8)14-21-22-15(24-14)13(23)20-10-6-5-9(17)11(18)12(10)19/h1-6H,(H,20,23). The van der Waals surface area contributed by atoms with E-state index in [1.54, 1.807) is 24.3 Å².